The Morgan fingerprint density at radius 3 is 1.38 bits per heavy atom. The average molecular weight is 320 g/mol. The minimum atomic E-state index is 0.704. The number of hydrogen-bond acceptors (Lipinski definition) is 4. The topological polar surface area (TPSA) is 70.5 Å². The van der Waals surface area contributed by atoms with Gasteiger partial charge in [0.15, 0.2) is 0 Å². The van der Waals surface area contributed by atoms with Gasteiger partial charge in [-0.25, -0.2) is 0 Å². The summed E-state index contributed by atoms with van der Waals surface area (Å²) in [6.45, 7) is 3.98. The molecule has 0 aliphatic carbocycles. The lowest BCUT2D eigenvalue weighted by atomic mass is 10.1. The van der Waals surface area contributed by atoms with Gasteiger partial charge in [-0.15, -0.1) is 0 Å². The van der Waals surface area contributed by atoms with Crippen LogP contribution in [0, 0.1) is 13.8 Å². The molecule has 0 bridgehead atoms. The number of anilines is 2. The van der Waals surface area contributed by atoms with Crippen LogP contribution in [0.25, 0.3) is 0 Å². The zero-order chi connectivity index (χ0) is 17.1. The van der Waals surface area contributed by atoms with Gasteiger partial charge in [0.2, 0.25) is 0 Å². The Morgan fingerprint density at radius 2 is 1.00 bits per heavy atom. The summed E-state index contributed by atoms with van der Waals surface area (Å²) >= 11 is 0. The first-order valence-electron chi connectivity index (χ1n) is 7.69. The number of ether oxygens (including phenoxy) is 2. The van der Waals surface area contributed by atoms with Gasteiger partial charge in [-0.1, -0.05) is 0 Å². The van der Waals surface area contributed by atoms with E-state index in [-0.39, 0.29) is 0 Å². The van der Waals surface area contributed by atoms with Crippen molar-refractivity contribution in [3.05, 3.63) is 71.8 Å². The van der Waals surface area contributed by atoms with Gasteiger partial charge in [0.1, 0.15) is 23.0 Å². The lowest BCUT2D eigenvalue weighted by Crippen LogP contribution is -1.94. The highest BCUT2D eigenvalue weighted by atomic mass is 16.5. The fraction of sp³-hybridized carbons (Fsp3) is 0.100. The average Bonchev–Trinajstić information content (AvgIpc) is 2.56. The van der Waals surface area contributed by atoms with Crippen molar-refractivity contribution in [3.63, 3.8) is 0 Å². The molecule has 0 unspecified atom stereocenters. The maximum absolute atomic E-state index is 5.99. The van der Waals surface area contributed by atoms with Crippen LogP contribution in [0.4, 0.5) is 11.4 Å². The molecule has 0 spiro atoms. The van der Waals surface area contributed by atoms with Crippen molar-refractivity contribution in [1.82, 2.24) is 0 Å². The standard InChI is InChI=1S/C20H20N2O2/c1-13-11-19(23-17-7-3-15(21)4-8-17)14(2)20(12-13)24-18-9-5-16(22)6-10-18/h3-12H,21-22H2,1-2H3. The van der Waals surface area contributed by atoms with E-state index in [1.807, 2.05) is 74.5 Å². The quantitative estimate of drug-likeness (QED) is 0.660. The molecular formula is C20H20N2O2. The van der Waals surface area contributed by atoms with E-state index in [9.17, 15) is 0 Å². The second-order valence-corrected chi connectivity index (χ2v) is 5.73. The molecule has 0 aliphatic rings. The number of aryl methyl sites for hydroxylation is 1. The van der Waals surface area contributed by atoms with E-state index in [4.69, 9.17) is 20.9 Å². The summed E-state index contributed by atoms with van der Waals surface area (Å²) in [4.78, 5) is 0. The van der Waals surface area contributed by atoms with E-state index in [1.165, 1.54) is 0 Å². The third kappa shape index (κ3) is 3.60. The van der Waals surface area contributed by atoms with Crippen LogP contribution in [0.2, 0.25) is 0 Å². The highest BCUT2D eigenvalue weighted by Crippen LogP contribution is 2.35. The molecule has 0 atom stereocenters. The number of nitrogens with two attached hydrogens (primary N) is 2. The van der Waals surface area contributed by atoms with Crippen LogP contribution in [0.15, 0.2) is 60.7 Å². The fourth-order valence-electron chi connectivity index (χ4n) is 2.33. The molecule has 24 heavy (non-hydrogen) atoms. The molecule has 0 radical (unpaired) electrons. The maximum atomic E-state index is 5.99. The molecule has 0 saturated heterocycles. The minimum absolute atomic E-state index is 0.704. The van der Waals surface area contributed by atoms with Crippen molar-refractivity contribution >= 4 is 11.4 Å². The number of benzene rings is 3. The first kappa shape index (κ1) is 15.7. The van der Waals surface area contributed by atoms with Crippen molar-refractivity contribution in [3.8, 4) is 23.0 Å². The summed E-state index contributed by atoms with van der Waals surface area (Å²) in [7, 11) is 0. The summed E-state index contributed by atoms with van der Waals surface area (Å²) < 4.78 is 12.0. The maximum Gasteiger partial charge on any atom is 0.134 e. The second-order valence-electron chi connectivity index (χ2n) is 5.73. The number of nitrogen functional groups attached to an aromatic ring is 2. The van der Waals surface area contributed by atoms with Crippen LogP contribution in [0.3, 0.4) is 0 Å². The molecule has 0 amide bonds. The molecule has 3 aromatic carbocycles. The first-order chi connectivity index (χ1) is 11.5. The van der Waals surface area contributed by atoms with Gasteiger partial charge in [0.05, 0.1) is 0 Å². The Balaban J connectivity index is 1.89. The van der Waals surface area contributed by atoms with E-state index in [0.717, 1.165) is 34.1 Å². The molecule has 0 aromatic heterocycles. The van der Waals surface area contributed by atoms with Crippen molar-refractivity contribution in [2.45, 2.75) is 13.8 Å². The second kappa shape index (κ2) is 6.54. The zero-order valence-corrected chi connectivity index (χ0v) is 13.7. The van der Waals surface area contributed by atoms with Gasteiger partial charge < -0.3 is 20.9 Å². The van der Waals surface area contributed by atoms with Gasteiger partial charge in [0, 0.05) is 16.9 Å². The zero-order valence-electron chi connectivity index (χ0n) is 13.7. The van der Waals surface area contributed by atoms with E-state index >= 15 is 0 Å². The number of hydrogen-bond donors (Lipinski definition) is 2. The van der Waals surface area contributed by atoms with E-state index in [1.54, 1.807) is 0 Å². The molecule has 0 fully saturated rings. The third-order valence-corrected chi connectivity index (χ3v) is 3.67. The van der Waals surface area contributed by atoms with E-state index in [0.29, 0.717) is 11.4 Å². The Hall–Kier alpha value is -3.14. The van der Waals surface area contributed by atoms with Crippen molar-refractivity contribution in [2.24, 2.45) is 0 Å². The lowest BCUT2D eigenvalue weighted by Gasteiger charge is -2.15. The normalized spacial score (nSPS) is 10.4. The summed E-state index contributed by atoms with van der Waals surface area (Å²) in [6, 6.07) is 18.6. The van der Waals surface area contributed by atoms with Gasteiger partial charge >= 0.3 is 0 Å². The molecule has 4 N–H and O–H groups in total. The summed E-state index contributed by atoms with van der Waals surface area (Å²) in [5.74, 6) is 2.98. The molecule has 4 nitrogen and oxygen atoms in total. The summed E-state index contributed by atoms with van der Waals surface area (Å²) in [6.07, 6.45) is 0. The fourth-order valence-corrected chi connectivity index (χ4v) is 2.33. The summed E-state index contributed by atoms with van der Waals surface area (Å²) in [5.41, 5.74) is 14.8. The largest absolute Gasteiger partial charge is 0.457 e. The summed E-state index contributed by atoms with van der Waals surface area (Å²) in [5, 5.41) is 0. The van der Waals surface area contributed by atoms with E-state index in [2.05, 4.69) is 0 Å². The molecule has 3 rings (SSSR count). The van der Waals surface area contributed by atoms with Crippen LogP contribution >= 0.6 is 0 Å². The van der Waals surface area contributed by atoms with Crippen molar-refractivity contribution in [2.75, 3.05) is 11.5 Å². The van der Waals surface area contributed by atoms with Crippen LogP contribution < -0.4 is 20.9 Å². The molecule has 0 aliphatic heterocycles. The molecule has 122 valence electrons. The van der Waals surface area contributed by atoms with Crippen LogP contribution in [0.5, 0.6) is 23.0 Å². The smallest absolute Gasteiger partial charge is 0.134 e. The number of rotatable bonds is 4. The molecular weight excluding hydrogens is 300 g/mol. The van der Waals surface area contributed by atoms with Gasteiger partial charge in [0.25, 0.3) is 0 Å². The highest BCUT2D eigenvalue weighted by molar-refractivity contribution is 5.51. The Kier molecular flexibility index (Phi) is 4.29. The molecule has 4 heteroatoms. The van der Waals surface area contributed by atoms with Gasteiger partial charge in [-0.05, 0) is 80.1 Å². The van der Waals surface area contributed by atoms with Crippen LogP contribution in [0.1, 0.15) is 11.1 Å². The monoisotopic (exact) mass is 320 g/mol. The van der Waals surface area contributed by atoms with Gasteiger partial charge in [-0.2, -0.15) is 0 Å². The Bertz CT molecular complexity index is 772. The van der Waals surface area contributed by atoms with Crippen LogP contribution in [-0.2, 0) is 0 Å². The minimum Gasteiger partial charge on any atom is -0.457 e. The van der Waals surface area contributed by atoms with Crippen molar-refractivity contribution < 1.29 is 9.47 Å². The Labute approximate surface area is 141 Å². The third-order valence-electron chi connectivity index (χ3n) is 3.67. The Morgan fingerprint density at radius 1 is 0.625 bits per heavy atom. The molecule has 3 aromatic rings. The van der Waals surface area contributed by atoms with E-state index < -0.39 is 0 Å². The molecule has 0 heterocycles. The van der Waals surface area contributed by atoms with Crippen LogP contribution in [-0.4, -0.2) is 0 Å². The predicted molar refractivity (Wildman–Crippen MR) is 97.8 cm³/mol. The SMILES string of the molecule is Cc1cc(Oc2ccc(N)cc2)c(C)c(Oc2ccc(N)cc2)c1. The predicted octanol–water partition coefficient (Wildman–Crippen LogP) is 5.05. The lowest BCUT2D eigenvalue weighted by molar-refractivity contribution is 0.453. The highest BCUT2D eigenvalue weighted by Gasteiger charge is 2.10. The van der Waals surface area contributed by atoms with Crippen molar-refractivity contribution in [1.29, 1.82) is 0 Å². The first-order valence-corrected chi connectivity index (χ1v) is 7.69. The molecule has 0 saturated carbocycles. The van der Waals surface area contributed by atoms with Gasteiger partial charge in [-0.3, -0.25) is 0 Å².